The molecule has 3 heteroatoms. The number of aliphatic hydroxyl groups is 1. The van der Waals surface area contributed by atoms with Crippen molar-refractivity contribution in [1.29, 1.82) is 0 Å². The topological polar surface area (TPSA) is 32.3 Å². The van der Waals surface area contributed by atoms with Gasteiger partial charge in [-0.25, -0.2) is 0 Å². The van der Waals surface area contributed by atoms with Crippen LogP contribution in [0.5, 0.6) is 0 Å². The van der Waals surface area contributed by atoms with Crippen LogP contribution < -0.4 is 5.54 Å². The van der Waals surface area contributed by atoms with Crippen molar-refractivity contribution < 1.29 is 9.59 Å². The highest BCUT2D eigenvalue weighted by molar-refractivity contribution is 5.20. The molecule has 0 atom stereocenters. The monoisotopic (exact) mass is 229 g/mol. The Morgan fingerprint density at radius 3 is 1.94 bits per heavy atom. The van der Waals surface area contributed by atoms with Crippen LogP contribution in [0.15, 0.2) is 24.3 Å². The standard InChI is InChI=1S/C8H10FN.C3H8O.C2H6/c1-7-2-4-8(5-3-7)6-10-9;1-2-3-4;1-2/h2-5,10H,6H2,1H3;4H,2-3H2,1H3;1-2H3. The van der Waals surface area contributed by atoms with Gasteiger partial charge >= 0.3 is 0 Å². The Bertz CT molecular complexity index is 222. The fraction of sp³-hybridized carbons (Fsp3) is 0.538. The Morgan fingerprint density at radius 1 is 1.19 bits per heavy atom. The first-order valence-corrected chi connectivity index (χ1v) is 5.74. The molecule has 0 saturated heterocycles. The van der Waals surface area contributed by atoms with Crippen LogP contribution in [0.4, 0.5) is 4.48 Å². The van der Waals surface area contributed by atoms with Crippen LogP contribution in [0, 0.1) is 6.92 Å². The number of rotatable bonds is 3. The molecule has 0 radical (unpaired) electrons. The van der Waals surface area contributed by atoms with E-state index in [9.17, 15) is 4.48 Å². The first-order chi connectivity index (χ1) is 7.74. The average molecular weight is 229 g/mol. The van der Waals surface area contributed by atoms with Gasteiger partial charge in [0.25, 0.3) is 0 Å². The van der Waals surface area contributed by atoms with E-state index in [-0.39, 0.29) is 0 Å². The van der Waals surface area contributed by atoms with Crippen LogP contribution in [0.2, 0.25) is 0 Å². The molecule has 94 valence electrons. The van der Waals surface area contributed by atoms with Gasteiger partial charge in [-0.3, -0.25) is 0 Å². The predicted molar refractivity (Wildman–Crippen MR) is 67.9 cm³/mol. The van der Waals surface area contributed by atoms with E-state index in [4.69, 9.17) is 5.11 Å². The lowest BCUT2D eigenvalue weighted by Gasteiger charge is -1.96. The van der Waals surface area contributed by atoms with Gasteiger partial charge in [0.2, 0.25) is 0 Å². The first-order valence-electron chi connectivity index (χ1n) is 5.74. The second kappa shape index (κ2) is 14.1. The minimum Gasteiger partial charge on any atom is -0.396 e. The molecule has 2 nitrogen and oxygen atoms in total. The summed E-state index contributed by atoms with van der Waals surface area (Å²) in [6.07, 6.45) is 0.875. The largest absolute Gasteiger partial charge is 0.396 e. The lowest BCUT2D eigenvalue weighted by atomic mass is 10.2. The summed E-state index contributed by atoms with van der Waals surface area (Å²) in [6, 6.07) is 7.74. The maximum atomic E-state index is 11.5. The summed E-state index contributed by atoms with van der Waals surface area (Å²) in [4.78, 5) is 0. The summed E-state index contributed by atoms with van der Waals surface area (Å²) in [7, 11) is 0. The van der Waals surface area contributed by atoms with Crippen molar-refractivity contribution in [3.05, 3.63) is 35.4 Å². The third kappa shape index (κ3) is 11.1. The molecule has 0 bridgehead atoms. The van der Waals surface area contributed by atoms with E-state index in [0.29, 0.717) is 13.2 Å². The van der Waals surface area contributed by atoms with Crippen LogP contribution in [0.3, 0.4) is 0 Å². The molecule has 0 aromatic heterocycles. The lowest BCUT2D eigenvalue weighted by Crippen LogP contribution is -1.98. The maximum Gasteiger partial charge on any atom is 0.0510 e. The molecule has 0 aliphatic carbocycles. The minimum atomic E-state index is 0.292. The lowest BCUT2D eigenvalue weighted by molar-refractivity contribution is 0.295. The van der Waals surface area contributed by atoms with Gasteiger partial charge in [-0.1, -0.05) is 50.6 Å². The molecule has 0 fully saturated rings. The summed E-state index contributed by atoms with van der Waals surface area (Å²) in [5, 5.41) is 7.88. The van der Waals surface area contributed by atoms with Crippen molar-refractivity contribution >= 4 is 0 Å². The number of hydrogen-bond acceptors (Lipinski definition) is 2. The van der Waals surface area contributed by atoms with Gasteiger partial charge in [0, 0.05) is 6.61 Å². The summed E-state index contributed by atoms with van der Waals surface area (Å²) < 4.78 is 11.5. The van der Waals surface area contributed by atoms with E-state index in [2.05, 4.69) is 0 Å². The quantitative estimate of drug-likeness (QED) is 0.779. The van der Waals surface area contributed by atoms with Crippen LogP contribution in [-0.4, -0.2) is 11.7 Å². The summed E-state index contributed by atoms with van der Waals surface area (Å²) >= 11 is 0. The summed E-state index contributed by atoms with van der Waals surface area (Å²) in [5.41, 5.74) is 3.77. The van der Waals surface area contributed by atoms with Gasteiger partial charge in [0.15, 0.2) is 0 Å². The maximum absolute atomic E-state index is 11.5. The molecule has 0 amide bonds. The number of hydrogen-bond donors (Lipinski definition) is 2. The third-order valence-electron chi connectivity index (χ3n) is 1.62. The fourth-order valence-corrected chi connectivity index (χ4v) is 0.783. The second-order valence-electron chi connectivity index (χ2n) is 3.02. The van der Waals surface area contributed by atoms with Crippen molar-refractivity contribution in [3.8, 4) is 0 Å². The third-order valence-corrected chi connectivity index (χ3v) is 1.62. The zero-order valence-electron chi connectivity index (χ0n) is 10.8. The van der Waals surface area contributed by atoms with Gasteiger partial charge in [0.1, 0.15) is 0 Å². The van der Waals surface area contributed by atoms with Crippen LogP contribution in [-0.2, 0) is 6.54 Å². The molecule has 0 spiro atoms. The van der Waals surface area contributed by atoms with Crippen molar-refractivity contribution in [2.24, 2.45) is 0 Å². The second-order valence-corrected chi connectivity index (χ2v) is 3.02. The predicted octanol–water partition coefficient (Wildman–Crippen LogP) is 3.38. The van der Waals surface area contributed by atoms with E-state index in [1.807, 2.05) is 52.0 Å². The molecule has 1 aromatic rings. The Morgan fingerprint density at radius 2 is 1.62 bits per heavy atom. The van der Waals surface area contributed by atoms with Gasteiger partial charge in [-0.15, -0.1) is 4.48 Å². The number of aliphatic hydroxyl groups excluding tert-OH is 1. The molecule has 0 saturated carbocycles. The van der Waals surface area contributed by atoms with E-state index in [1.165, 1.54) is 5.56 Å². The molecule has 1 rings (SSSR count). The van der Waals surface area contributed by atoms with E-state index < -0.39 is 0 Å². The molecule has 16 heavy (non-hydrogen) atoms. The van der Waals surface area contributed by atoms with Crippen LogP contribution >= 0.6 is 0 Å². The van der Waals surface area contributed by atoms with Gasteiger partial charge in [-0.05, 0) is 18.9 Å². The molecule has 0 unspecified atom stereocenters. The number of aryl methyl sites for hydroxylation is 1. The highest BCUT2D eigenvalue weighted by Crippen LogP contribution is 2.01. The van der Waals surface area contributed by atoms with Gasteiger partial charge < -0.3 is 5.11 Å². The van der Waals surface area contributed by atoms with Crippen molar-refractivity contribution in [2.75, 3.05) is 6.61 Å². The van der Waals surface area contributed by atoms with Gasteiger partial charge in [0.05, 0.1) is 6.54 Å². The smallest absolute Gasteiger partial charge is 0.0510 e. The van der Waals surface area contributed by atoms with Crippen molar-refractivity contribution in [1.82, 2.24) is 5.54 Å². The van der Waals surface area contributed by atoms with Crippen molar-refractivity contribution in [3.63, 3.8) is 0 Å². The highest BCUT2D eigenvalue weighted by atomic mass is 19.2. The molecular weight excluding hydrogens is 205 g/mol. The zero-order chi connectivity index (χ0) is 12.8. The molecule has 0 aliphatic heterocycles. The number of benzene rings is 1. The molecule has 0 aliphatic rings. The van der Waals surface area contributed by atoms with Gasteiger partial charge in [-0.2, -0.15) is 5.54 Å². The summed E-state index contributed by atoms with van der Waals surface area (Å²) in [6.45, 7) is 8.55. The van der Waals surface area contributed by atoms with Crippen molar-refractivity contribution in [2.45, 2.75) is 40.7 Å². The number of nitrogens with one attached hydrogen (secondary N) is 1. The average Bonchev–Trinajstić information content (AvgIpc) is 2.35. The molecule has 0 heterocycles. The minimum absolute atomic E-state index is 0.292. The van der Waals surface area contributed by atoms with Crippen LogP contribution in [0.25, 0.3) is 0 Å². The summed E-state index contributed by atoms with van der Waals surface area (Å²) in [5.74, 6) is 0. The highest BCUT2D eigenvalue weighted by Gasteiger charge is 1.88. The first kappa shape index (κ1) is 17.5. The van der Waals surface area contributed by atoms with E-state index >= 15 is 0 Å². The molecule has 1 aromatic carbocycles. The zero-order valence-corrected chi connectivity index (χ0v) is 10.8. The Hall–Kier alpha value is -0.930. The molecular formula is C13H24FNO. The Labute approximate surface area is 98.4 Å². The Kier molecular flexibility index (Phi) is 15.4. The van der Waals surface area contributed by atoms with Crippen LogP contribution in [0.1, 0.15) is 38.3 Å². The normalized spacial score (nSPS) is 8.38. The van der Waals surface area contributed by atoms with E-state index in [1.54, 1.807) is 5.54 Å². The molecule has 2 N–H and O–H groups in total. The number of halogens is 1. The fourth-order valence-electron chi connectivity index (χ4n) is 0.783. The van der Waals surface area contributed by atoms with E-state index in [0.717, 1.165) is 12.0 Å². The SMILES string of the molecule is CC.CCCO.Cc1ccc(CNF)cc1. The Balaban J connectivity index is 0.